The molecule has 0 radical (unpaired) electrons. The summed E-state index contributed by atoms with van der Waals surface area (Å²) in [5.74, 6) is 1.92. The molecule has 0 bridgehead atoms. The first-order valence-electron chi connectivity index (χ1n) is 6.20. The van der Waals surface area contributed by atoms with Gasteiger partial charge in [-0.1, -0.05) is 6.42 Å². The molecule has 2 unspecified atom stereocenters. The van der Waals surface area contributed by atoms with E-state index in [-0.39, 0.29) is 0 Å². The molecule has 0 aromatic heterocycles. The minimum absolute atomic E-state index is 0.852. The van der Waals surface area contributed by atoms with Crippen molar-refractivity contribution in [1.29, 1.82) is 0 Å². The lowest BCUT2D eigenvalue weighted by Gasteiger charge is -2.37. The number of nitrogens with zero attached hydrogens (tertiary/aromatic N) is 1. The van der Waals surface area contributed by atoms with Crippen LogP contribution in [0, 0.1) is 11.8 Å². The van der Waals surface area contributed by atoms with E-state index in [4.69, 9.17) is 0 Å². The zero-order valence-electron chi connectivity index (χ0n) is 9.63. The average molecular weight is 196 g/mol. The van der Waals surface area contributed by atoms with Gasteiger partial charge in [-0.3, -0.25) is 0 Å². The van der Waals surface area contributed by atoms with E-state index >= 15 is 0 Å². The monoisotopic (exact) mass is 196 g/mol. The molecule has 2 fully saturated rings. The molecule has 1 saturated carbocycles. The maximum absolute atomic E-state index is 3.30. The molecule has 2 atom stereocenters. The Morgan fingerprint density at radius 2 is 2.14 bits per heavy atom. The van der Waals surface area contributed by atoms with E-state index in [1.807, 2.05) is 0 Å². The third-order valence-electron chi connectivity index (χ3n) is 4.22. The summed E-state index contributed by atoms with van der Waals surface area (Å²) in [7, 11) is 2.07. The van der Waals surface area contributed by atoms with Crippen molar-refractivity contribution in [2.45, 2.75) is 38.6 Å². The smallest absolute Gasteiger partial charge is 0.00953 e. The molecule has 0 amide bonds. The van der Waals surface area contributed by atoms with Gasteiger partial charge in [-0.15, -0.1) is 0 Å². The fraction of sp³-hybridized carbons (Fsp3) is 1.00. The topological polar surface area (TPSA) is 15.3 Å². The summed E-state index contributed by atoms with van der Waals surface area (Å²) in [6, 6.07) is 0.852. The average Bonchev–Trinajstić information content (AvgIpc) is 2.50. The van der Waals surface area contributed by atoms with Crippen molar-refractivity contribution in [1.82, 2.24) is 10.2 Å². The second kappa shape index (κ2) is 4.63. The van der Waals surface area contributed by atoms with Gasteiger partial charge in [0.15, 0.2) is 0 Å². The Labute approximate surface area is 88.1 Å². The van der Waals surface area contributed by atoms with Crippen LogP contribution in [-0.4, -0.2) is 37.6 Å². The van der Waals surface area contributed by atoms with Crippen LogP contribution in [0.4, 0.5) is 0 Å². The Bertz CT molecular complexity index is 177. The molecular weight excluding hydrogens is 172 g/mol. The number of rotatable bonds is 4. The predicted molar refractivity (Wildman–Crippen MR) is 60.4 cm³/mol. The molecule has 82 valence electrons. The molecule has 14 heavy (non-hydrogen) atoms. The lowest BCUT2D eigenvalue weighted by atomic mass is 9.80. The summed E-state index contributed by atoms with van der Waals surface area (Å²) in [5, 5.41) is 3.30. The highest BCUT2D eigenvalue weighted by molar-refractivity contribution is 4.86. The van der Waals surface area contributed by atoms with Crippen molar-refractivity contribution in [2.75, 3.05) is 26.7 Å². The van der Waals surface area contributed by atoms with Gasteiger partial charge < -0.3 is 10.2 Å². The Balaban J connectivity index is 1.76. The van der Waals surface area contributed by atoms with E-state index in [0.29, 0.717) is 0 Å². The van der Waals surface area contributed by atoms with Gasteiger partial charge in [0, 0.05) is 12.6 Å². The molecular formula is C12H24N2. The summed E-state index contributed by atoms with van der Waals surface area (Å²) in [6.45, 7) is 6.31. The Hall–Kier alpha value is -0.0800. The SMILES string of the molecule is CNCC1CCN(C(C)C2CCC2)C1. The van der Waals surface area contributed by atoms with E-state index in [2.05, 4.69) is 24.2 Å². The second-order valence-electron chi connectivity index (χ2n) is 5.14. The Morgan fingerprint density at radius 3 is 2.71 bits per heavy atom. The minimum atomic E-state index is 0.852. The fourth-order valence-electron chi connectivity index (χ4n) is 2.91. The zero-order chi connectivity index (χ0) is 9.97. The van der Waals surface area contributed by atoms with Crippen LogP contribution in [-0.2, 0) is 0 Å². The van der Waals surface area contributed by atoms with Crippen LogP contribution in [0.5, 0.6) is 0 Å². The second-order valence-corrected chi connectivity index (χ2v) is 5.14. The molecule has 1 heterocycles. The molecule has 1 aliphatic heterocycles. The van der Waals surface area contributed by atoms with Crippen molar-refractivity contribution in [3.8, 4) is 0 Å². The van der Waals surface area contributed by atoms with Crippen molar-refractivity contribution < 1.29 is 0 Å². The van der Waals surface area contributed by atoms with Crippen LogP contribution < -0.4 is 5.32 Å². The van der Waals surface area contributed by atoms with Gasteiger partial charge in [0.25, 0.3) is 0 Å². The molecule has 1 aliphatic carbocycles. The number of hydrogen-bond acceptors (Lipinski definition) is 2. The van der Waals surface area contributed by atoms with Gasteiger partial charge in [0.2, 0.25) is 0 Å². The highest BCUT2D eigenvalue weighted by Gasteiger charge is 2.32. The van der Waals surface area contributed by atoms with Crippen molar-refractivity contribution in [3.05, 3.63) is 0 Å². The largest absolute Gasteiger partial charge is 0.319 e. The molecule has 2 rings (SSSR count). The minimum Gasteiger partial charge on any atom is -0.319 e. The lowest BCUT2D eigenvalue weighted by Crippen LogP contribution is -2.40. The van der Waals surface area contributed by atoms with Gasteiger partial charge >= 0.3 is 0 Å². The van der Waals surface area contributed by atoms with Crippen molar-refractivity contribution in [2.24, 2.45) is 11.8 Å². The molecule has 2 heteroatoms. The van der Waals surface area contributed by atoms with Crippen LogP contribution in [0.1, 0.15) is 32.6 Å². The molecule has 0 aromatic rings. The van der Waals surface area contributed by atoms with Crippen LogP contribution >= 0.6 is 0 Å². The van der Waals surface area contributed by atoms with E-state index < -0.39 is 0 Å². The highest BCUT2D eigenvalue weighted by Crippen LogP contribution is 2.33. The van der Waals surface area contributed by atoms with Crippen LogP contribution in [0.3, 0.4) is 0 Å². The normalized spacial score (nSPS) is 31.7. The van der Waals surface area contributed by atoms with E-state index in [1.165, 1.54) is 45.3 Å². The van der Waals surface area contributed by atoms with E-state index in [0.717, 1.165) is 17.9 Å². The molecule has 0 aromatic carbocycles. The van der Waals surface area contributed by atoms with E-state index in [1.54, 1.807) is 0 Å². The molecule has 1 N–H and O–H groups in total. The highest BCUT2D eigenvalue weighted by atomic mass is 15.2. The first-order valence-corrected chi connectivity index (χ1v) is 6.20. The lowest BCUT2D eigenvalue weighted by molar-refractivity contribution is 0.127. The third kappa shape index (κ3) is 2.12. The zero-order valence-corrected chi connectivity index (χ0v) is 9.63. The Kier molecular flexibility index (Phi) is 3.45. The maximum Gasteiger partial charge on any atom is 0.00953 e. The summed E-state index contributed by atoms with van der Waals surface area (Å²) >= 11 is 0. The molecule has 1 saturated heterocycles. The molecule has 2 nitrogen and oxygen atoms in total. The van der Waals surface area contributed by atoms with Gasteiger partial charge in [-0.05, 0) is 58.2 Å². The predicted octanol–water partition coefficient (Wildman–Crippen LogP) is 1.72. The number of likely N-dealkylation sites (tertiary alicyclic amines) is 1. The fourth-order valence-corrected chi connectivity index (χ4v) is 2.91. The van der Waals surface area contributed by atoms with Crippen molar-refractivity contribution in [3.63, 3.8) is 0 Å². The van der Waals surface area contributed by atoms with Crippen LogP contribution in [0.2, 0.25) is 0 Å². The molecule has 0 spiro atoms. The quantitative estimate of drug-likeness (QED) is 0.736. The van der Waals surface area contributed by atoms with Gasteiger partial charge in [0.05, 0.1) is 0 Å². The van der Waals surface area contributed by atoms with Gasteiger partial charge in [-0.2, -0.15) is 0 Å². The first-order chi connectivity index (χ1) is 6.81. The standard InChI is InChI=1S/C12H24N2/c1-10(12-4-3-5-12)14-7-6-11(9-14)8-13-2/h10-13H,3-9H2,1-2H3. The first kappa shape index (κ1) is 10.4. The van der Waals surface area contributed by atoms with Crippen LogP contribution in [0.25, 0.3) is 0 Å². The summed E-state index contributed by atoms with van der Waals surface area (Å²) < 4.78 is 0. The molecule has 2 aliphatic rings. The summed E-state index contributed by atoms with van der Waals surface area (Å²) in [5.41, 5.74) is 0. The van der Waals surface area contributed by atoms with Gasteiger partial charge in [0.1, 0.15) is 0 Å². The maximum atomic E-state index is 3.30. The third-order valence-corrected chi connectivity index (χ3v) is 4.22. The van der Waals surface area contributed by atoms with Gasteiger partial charge in [-0.25, -0.2) is 0 Å². The van der Waals surface area contributed by atoms with Crippen molar-refractivity contribution >= 4 is 0 Å². The number of hydrogen-bond donors (Lipinski definition) is 1. The van der Waals surface area contributed by atoms with Crippen LogP contribution in [0.15, 0.2) is 0 Å². The number of nitrogens with one attached hydrogen (secondary N) is 1. The summed E-state index contributed by atoms with van der Waals surface area (Å²) in [6.07, 6.45) is 5.84. The summed E-state index contributed by atoms with van der Waals surface area (Å²) in [4.78, 5) is 2.71. The van der Waals surface area contributed by atoms with E-state index in [9.17, 15) is 0 Å². The Morgan fingerprint density at radius 1 is 1.36 bits per heavy atom.